The zero-order chi connectivity index (χ0) is 17.2. The lowest BCUT2D eigenvalue weighted by Gasteiger charge is -2.28. The first-order valence-corrected chi connectivity index (χ1v) is 8.30. The minimum atomic E-state index is -0.0589. The van der Waals surface area contributed by atoms with Crippen molar-refractivity contribution in [1.82, 2.24) is 4.98 Å². The summed E-state index contributed by atoms with van der Waals surface area (Å²) in [6.45, 7) is 1.53. The maximum Gasteiger partial charge on any atom is 0.228 e. The van der Waals surface area contributed by atoms with Gasteiger partial charge in [-0.05, 0) is 35.9 Å². The first kappa shape index (κ1) is 15.4. The van der Waals surface area contributed by atoms with Gasteiger partial charge in [-0.1, -0.05) is 18.2 Å². The number of amides is 1. The summed E-state index contributed by atoms with van der Waals surface area (Å²) in [6, 6.07) is 15.6. The molecule has 1 N–H and O–H groups in total. The summed E-state index contributed by atoms with van der Waals surface area (Å²) >= 11 is 0. The molecule has 1 aliphatic heterocycles. The Morgan fingerprint density at radius 1 is 1.24 bits per heavy atom. The summed E-state index contributed by atoms with van der Waals surface area (Å²) in [6.07, 6.45) is 2.05. The highest BCUT2D eigenvalue weighted by Crippen LogP contribution is 2.33. The van der Waals surface area contributed by atoms with Crippen molar-refractivity contribution in [3.8, 4) is 5.75 Å². The molecule has 4 rings (SSSR count). The molecular formula is C20H19N3O2. The average Bonchev–Trinajstić information content (AvgIpc) is 2.62. The molecule has 1 aromatic heterocycles. The number of likely N-dealkylation sites (N-methyl/N-ethyl adjacent to an activating group) is 1. The van der Waals surface area contributed by atoms with Crippen LogP contribution in [0.4, 0.5) is 11.4 Å². The molecule has 0 radical (unpaired) electrons. The van der Waals surface area contributed by atoms with Gasteiger partial charge in [0.15, 0.2) is 0 Å². The molecule has 0 atom stereocenters. The lowest BCUT2D eigenvalue weighted by Crippen LogP contribution is -2.28. The Kier molecular flexibility index (Phi) is 3.98. The fourth-order valence-corrected chi connectivity index (χ4v) is 3.03. The number of carbonyl (C=O) groups is 1. The van der Waals surface area contributed by atoms with Gasteiger partial charge in [0.1, 0.15) is 12.4 Å². The van der Waals surface area contributed by atoms with Crippen LogP contribution in [0, 0.1) is 0 Å². The van der Waals surface area contributed by atoms with E-state index in [0.717, 1.165) is 40.1 Å². The third-order valence-electron chi connectivity index (χ3n) is 4.35. The topological polar surface area (TPSA) is 54.5 Å². The number of nitrogens with zero attached hydrogens (tertiary/aromatic N) is 2. The van der Waals surface area contributed by atoms with E-state index in [0.29, 0.717) is 13.0 Å². The Hall–Kier alpha value is -3.08. The lowest BCUT2D eigenvalue weighted by molar-refractivity contribution is -0.115. The molecule has 25 heavy (non-hydrogen) atoms. The Morgan fingerprint density at radius 3 is 3.04 bits per heavy atom. The molecule has 1 aliphatic rings. The number of benzene rings is 2. The molecule has 0 saturated carbocycles. The number of nitrogens with one attached hydrogen (secondary N) is 1. The van der Waals surface area contributed by atoms with Crippen LogP contribution in [0.25, 0.3) is 10.9 Å². The van der Waals surface area contributed by atoms with Crippen molar-refractivity contribution < 1.29 is 9.53 Å². The van der Waals surface area contributed by atoms with Gasteiger partial charge in [-0.25, -0.2) is 0 Å². The first-order valence-electron chi connectivity index (χ1n) is 8.30. The highest BCUT2D eigenvalue weighted by atomic mass is 16.5. The van der Waals surface area contributed by atoms with Crippen molar-refractivity contribution in [2.24, 2.45) is 0 Å². The molecule has 5 nitrogen and oxygen atoms in total. The van der Waals surface area contributed by atoms with Crippen molar-refractivity contribution in [3.63, 3.8) is 0 Å². The van der Waals surface area contributed by atoms with Gasteiger partial charge in [0, 0.05) is 24.3 Å². The van der Waals surface area contributed by atoms with Crippen LogP contribution in [0.5, 0.6) is 5.75 Å². The molecule has 0 bridgehead atoms. The van der Waals surface area contributed by atoms with Gasteiger partial charge in [-0.3, -0.25) is 9.78 Å². The quantitative estimate of drug-likeness (QED) is 0.799. The number of pyridine rings is 1. The number of hydrogen-bond acceptors (Lipinski definition) is 4. The van der Waals surface area contributed by atoms with Gasteiger partial charge in [0.2, 0.25) is 5.91 Å². The summed E-state index contributed by atoms with van der Waals surface area (Å²) in [5.74, 6) is 0.793. The summed E-state index contributed by atoms with van der Waals surface area (Å²) in [5, 5.41) is 4.00. The molecule has 0 spiro atoms. The Labute approximate surface area is 146 Å². The molecule has 5 heteroatoms. The van der Waals surface area contributed by atoms with E-state index in [-0.39, 0.29) is 5.91 Å². The van der Waals surface area contributed by atoms with Crippen molar-refractivity contribution in [1.29, 1.82) is 0 Å². The molecule has 0 aliphatic carbocycles. The van der Waals surface area contributed by atoms with Crippen LogP contribution in [-0.4, -0.2) is 31.1 Å². The van der Waals surface area contributed by atoms with E-state index in [9.17, 15) is 4.79 Å². The van der Waals surface area contributed by atoms with Crippen molar-refractivity contribution in [3.05, 3.63) is 60.3 Å². The molecular weight excluding hydrogens is 314 g/mol. The number of fused-ring (bicyclic) bond motifs is 2. The predicted octanol–water partition coefficient (Wildman–Crippen LogP) is 3.24. The zero-order valence-electron chi connectivity index (χ0n) is 14.0. The Balaban J connectivity index is 1.49. The second kappa shape index (κ2) is 6.43. The Bertz CT molecular complexity index is 939. The fraction of sp³-hybridized carbons (Fsp3) is 0.200. The second-order valence-electron chi connectivity index (χ2n) is 6.21. The second-order valence-corrected chi connectivity index (χ2v) is 6.21. The highest BCUT2D eigenvalue weighted by molar-refractivity contribution is 5.93. The SMILES string of the molecule is CN1CCOc2ccc(NC(=O)Cc3cnc4ccccc4c3)cc21. The summed E-state index contributed by atoms with van der Waals surface area (Å²) in [5.41, 5.74) is 3.60. The van der Waals surface area contributed by atoms with E-state index in [2.05, 4.69) is 15.2 Å². The molecule has 2 aromatic carbocycles. The number of carbonyl (C=O) groups excluding carboxylic acids is 1. The molecule has 0 unspecified atom stereocenters. The fourth-order valence-electron chi connectivity index (χ4n) is 3.03. The van der Waals surface area contributed by atoms with Crippen LogP contribution in [0.1, 0.15) is 5.56 Å². The van der Waals surface area contributed by atoms with Crippen LogP contribution in [-0.2, 0) is 11.2 Å². The zero-order valence-corrected chi connectivity index (χ0v) is 14.0. The molecule has 126 valence electrons. The number of hydrogen-bond donors (Lipinski definition) is 1. The summed E-state index contributed by atoms with van der Waals surface area (Å²) < 4.78 is 5.63. The standard InChI is InChI=1S/C20H19N3O2/c1-23-8-9-25-19-7-6-16(12-18(19)23)22-20(24)11-14-10-15-4-2-3-5-17(15)21-13-14/h2-7,10,12-13H,8-9,11H2,1H3,(H,22,24). The molecule has 3 aromatic rings. The first-order chi connectivity index (χ1) is 12.2. The number of para-hydroxylation sites is 1. The molecule has 0 saturated heterocycles. The number of rotatable bonds is 3. The van der Waals surface area contributed by atoms with Gasteiger partial charge >= 0.3 is 0 Å². The van der Waals surface area contributed by atoms with Gasteiger partial charge in [-0.2, -0.15) is 0 Å². The van der Waals surface area contributed by atoms with Crippen LogP contribution >= 0.6 is 0 Å². The monoisotopic (exact) mass is 333 g/mol. The van der Waals surface area contributed by atoms with E-state index < -0.39 is 0 Å². The van der Waals surface area contributed by atoms with Gasteiger partial charge < -0.3 is 15.0 Å². The van der Waals surface area contributed by atoms with Crippen molar-refractivity contribution in [2.75, 3.05) is 30.4 Å². The smallest absolute Gasteiger partial charge is 0.228 e. The van der Waals surface area contributed by atoms with Crippen molar-refractivity contribution in [2.45, 2.75) is 6.42 Å². The van der Waals surface area contributed by atoms with Crippen LogP contribution in [0.3, 0.4) is 0 Å². The predicted molar refractivity (Wildman–Crippen MR) is 99.3 cm³/mol. The lowest BCUT2D eigenvalue weighted by atomic mass is 10.1. The van der Waals surface area contributed by atoms with Crippen LogP contribution in [0.2, 0.25) is 0 Å². The maximum atomic E-state index is 12.4. The third-order valence-corrected chi connectivity index (χ3v) is 4.35. The summed E-state index contributed by atoms with van der Waals surface area (Å²) in [4.78, 5) is 18.9. The van der Waals surface area contributed by atoms with E-state index in [1.165, 1.54) is 0 Å². The van der Waals surface area contributed by atoms with Gasteiger partial charge in [0.05, 0.1) is 24.2 Å². The van der Waals surface area contributed by atoms with Gasteiger partial charge in [-0.15, -0.1) is 0 Å². The number of ether oxygens (including phenoxy) is 1. The van der Waals surface area contributed by atoms with E-state index in [1.54, 1.807) is 6.20 Å². The third kappa shape index (κ3) is 3.26. The van der Waals surface area contributed by atoms with E-state index in [4.69, 9.17) is 4.74 Å². The number of anilines is 2. The molecule has 2 heterocycles. The van der Waals surface area contributed by atoms with Crippen molar-refractivity contribution >= 4 is 28.2 Å². The Morgan fingerprint density at radius 2 is 2.12 bits per heavy atom. The minimum absolute atomic E-state index is 0.0589. The maximum absolute atomic E-state index is 12.4. The molecule has 0 fully saturated rings. The highest BCUT2D eigenvalue weighted by Gasteiger charge is 2.15. The molecule has 1 amide bonds. The van der Waals surface area contributed by atoms with Gasteiger partial charge in [0.25, 0.3) is 0 Å². The van der Waals surface area contributed by atoms with E-state index in [1.807, 2.05) is 55.6 Å². The number of aromatic nitrogens is 1. The van der Waals surface area contributed by atoms with E-state index >= 15 is 0 Å². The van der Waals surface area contributed by atoms with Crippen LogP contribution < -0.4 is 15.0 Å². The summed E-state index contributed by atoms with van der Waals surface area (Å²) in [7, 11) is 2.02. The minimum Gasteiger partial charge on any atom is -0.490 e. The average molecular weight is 333 g/mol. The largest absolute Gasteiger partial charge is 0.490 e. The normalized spacial score (nSPS) is 13.2. The van der Waals surface area contributed by atoms with Crippen LogP contribution in [0.15, 0.2) is 54.7 Å².